The average Bonchev–Trinajstić information content (AvgIpc) is 3.36. The van der Waals surface area contributed by atoms with E-state index in [0.717, 1.165) is 34.1 Å². The van der Waals surface area contributed by atoms with Crippen LogP contribution in [0, 0.1) is 0 Å². The van der Waals surface area contributed by atoms with Crippen LogP contribution >= 0.6 is 11.8 Å². The molecule has 4 nitrogen and oxygen atoms in total. The van der Waals surface area contributed by atoms with Gasteiger partial charge in [0.05, 0.1) is 5.41 Å². The van der Waals surface area contributed by atoms with E-state index >= 15 is 0 Å². The van der Waals surface area contributed by atoms with E-state index in [1.165, 1.54) is 0 Å². The van der Waals surface area contributed by atoms with Gasteiger partial charge in [0.15, 0.2) is 5.16 Å². The molecule has 0 aliphatic heterocycles. The van der Waals surface area contributed by atoms with Crippen LogP contribution in [0.4, 0.5) is 5.69 Å². The summed E-state index contributed by atoms with van der Waals surface area (Å²) in [5.41, 5.74) is 1.59. The third-order valence-corrected chi connectivity index (χ3v) is 5.69. The maximum Gasteiger partial charge on any atom is 0.235 e. The summed E-state index contributed by atoms with van der Waals surface area (Å²) < 4.78 is 1.98. The molecule has 5 heteroatoms. The zero-order valence-electron chi connectivity index (χ0n) is 14.0. The zero-order valence-corrected chi connectivity index (χ0v) is 14.8. The third kappa shape index (κ3) is 3.20. The Balaban J connectivity index is 1.45. The molecule has 25 heavy (non-hydrogen) atoms. The first-order valence-electron chi connectivity index (χ1n) is 8.30. The number of anilines is 1. The van der Waals surface area contributed by atoms with Crippen molar-refractivity contribution in [2.75, 3.05) is 5.32 Å². The highest BCUT2D eigenvalue weighted by Gasteiger charge is 2.51. The molecule has 1 aromatic heterocycles. The van der Waals surface area contributed by atoms with Crippen molar-refractivity contribution in [1.82, 2.24) is 9.55 Å². The molecule has 0 bridgehead atoms. The molecule has 2 aromatic carbocycles. The van der Waals surface area contributed by atoms with Crippen molar-refractivity contribution in [3.63, 3.8) is 0 Å². The molecular formula is C20H19N3OS. The summed E-state index contributed by atoms with van der Waals surface area (Å²) in [6, 6.07) is 18.0. The smallest absolute Gasteiger partial charge is 0.235 e. The van der Waals surface area contributed by atoms with Crippen molar-refractivity contribution < 1.29 is 4.79 Å². The molecular weight excluding hydrogens is 330 g/mol. The molecule has 0 saturated heterocycles. The van der Waals surface area contributed by atoms with Crippen LogP contribution in [0.3, 0.4) is 0 Å². The fourth-order valence-corrected chi connectivity index (χ4v) is 3.74. The summed E-state index contributed by atoms with van der Waals surface area (Å²) in [5, 5.41) is 4.01. The van der Waals surface area contributed by atoms with Gasteiger partial charge < -0.3 is 9.88 Å². The molecule has 0 atom stereocenters. The molecule has 0 spiro atoms. The van der Waals surface area contributed by atoms with E-state index in [4.69, 9.17) is 0 Å². The van der Waals surface area contributed by atoms with Gasteiger partial charge in [-0.3, -0.25) is 4.79 Å². The highest BCUT2D eigenvalue weighted by molar-refractivity contribution is 7.99. The van der Waals surface area contributed by atoms with Gasteiger partial charge >= 0.3 is 0 Å². The molecule has 1 fully saturated rings. The van der Waals surface area contributed by atoms with E-state index in [0.29, 0.717) is 0 Å². The van der Waals surface area contributed by atoms with Crippen LogP contribution in [0.25, 0.3) is 0 Å². The predicted octanol–water partition coefficient (Wildman–Crippen LogP) is 4.24. The number of carbonyl (C=O) groups excluding carboxylic acids is 1. The maximum atomic E-state index is 12.8. The summed E-state index contributed by atoms with van der Waals surface area (Å²) in [6.45, 7) is 0. The van der Waals surface area contributed by atoms with Crippen molar-refractivity contribution >= 4 is 23.4 Å². The van der Waals surface area contributed by atoms with Crippen molar-refractivity contribution in [1.29, 1.82) is 0 Å². The normalized spacial score (nSPS) is 14.9. The summed E-state index contributed by atoms with van der Waals surface area (Å²) in [5.74, 6) is 0.0863. The number of carbonyl (C=O) groups is 1. The lowest BCUT2D eigenvalue weighted by atomic mass is 9.95. The Kier molecular flexibility index (Phi) is 4.09. The van der Waals surface area contributed by atoms with Crippen molar-refractivity contribution in [2.24, 2.45) is 7.05 Å². The number of hydrogen-bond acceptors (Lipinski definition) is 3. The number of rotatable bonds is 5. The number of amides is 1. The second kappa shape index (κ2) is 6.41. The molecule has 1 saturated carbocycles. The summed E-state index contributed by atoms with van der Waals surface area (Å²) >= 11 is 1.60. The average molecular weight is 349 g/mol. The molecule has 126 valence electrons. The first-order valence-corrected chi connectivity index (χ1v) is 9.11. The quantitative estimate of drug-likeness (QED) is 0.749. The van der Waals surface area contributed by atoms with Gasteiger partial charge in [-0.25, -0.2) is 4.98 Å². The standard InChI is InChI=1S/C20H19N3OS/c1-23-14-13-21-19(23)25-17-9-7-16(8-10-17)22-18(24)20(11-12-20)15-5-3-2-4-6-15/h2-10,13-14H,11-12H2,1H3,(H,22,24). The lowest BCUT2D eigenvalue weighted by Gasteiger charge is -2.16. The number of imidazole rings is 1. The summed E-state index contributed by atoms with van der Waals surface area (Å²) in [6.07, 6.45) is 5.54. The van der Waals surface area contributed by atoms with E-state index < -0.39 is 0 Å². The molecule has 1 heterocycles. The molecule has 3 aromatic rings. The van der Waals surface area contributed by atoms with Crippen LogP contribution in [0.5, 0.6) is 0 Å². The fourth-order valence-electron chi connectivity index (χ4n) is 2.94. The number of aryl methyl sites for hydroxylation is 1. The molecule has 0 unspecified atom stereocenters. The second-order valence-electron chi connectivity index (χ2n) is 6.35. The number of nitrogens with zero attached hydrogens (tertiary/aromatic N) is 2. The topological polar surface area (TPSA) is 46.9 Å². The Hall–Kier alpha value is -2.53. The van der Waals surface area contributed by atoms with E-state index in [2.05, 4.69) is 10.3 Å². The third-order valence-electron chi connectivity index (χ3n) is 4.61. The largest absolute Gasteiger partial charge is 0.329 e. The molecule has 4 rings (SSSR count). The number of aromatic nitrogens is 2. The SMILES string of the molecule is Cn1ccnc1Sc1ccc(NC(=O)C2(c3ccccc3)CC2)cc1. The Bertz CT molecular complexity index is 883. The highest BCUT2D eigenvalue weighted by atomic mass is 32.2. The van der Waals surface area contributed by atoms with Gasteiger partial charge in [-0.05, 0) is 42.7 Å². The van der Waals surface area contributed by atoms with E-state index in [1.807, 2.05) is 72.4 Å². The van der Waals surface area contributed by atoms with Gasteiger partial charge in [0.25, 0.3) is 0 Å². The Morgan fingerprint density at radius 3 is 2.44 bits per heavy atom. The van der Waals surface area contributed by atoms with Crippen LogP contribution < -0.4 is 5.32 Å². The van der Waals surface area contributed by atoms with E-state index in [9.17, 15) is 4.79 Å². The van der Waals surface area contributed by atoms with Crippen LogP contribution in [-0.2, 0) is 17.3 Å². The number of nitrogens with one attached hydrogen (secondary N) is 1. The number of hydrogen-bond donors (Lipinski definition) is 1. The van der Waals surface area contributed by atoms with Gasteiger partial charge in [-0.2, -0.15) is 0 Å². The maximum absolute atomic E-state index is 12.8. The molecule has 1 aliphatic rings. The first-order chi connectivity index (χ1) is 12.2. The van der Waals surface area contributed by atoms with E-state index in [-0.39, 0.29) is 11.3 Å². The summed E-state index contributed by atoms with van der Waals surface area (Å²) in [7, 11) is 1.97. The van der Waals surface area contributed by atoms with Crippen molar-refractivity contribution in [3.8, 4) is 0 Å². The van der Waals surface area contributed by atoms with Gasteiger partial charge in [0, 0.05) is 30.0 Å². The van der Waals surface area contributed by atoms with Crippen LogP contribution in [0.15, 0.2) is 77.0 Å². The lowest BCUT2D eigenvalue weighted by Crippen LogP contribution is -2.27. The van der Waals surface area contributed by atoms with Crippen molar-refractivity contribution in [3.05, 3.63) is 72.6 Å². The zero-order chi connectivity index (χ0) is 17.3. The van der Waals surface area contributed by atoms with Gasteiger partial charge in [0.2, 0.25) is 5.91 Å². The molecule has 1 aliphatic carbocycles. The number of benzene rings is 2. The molecule has 0 radical (unpaired) electrons. The summed E-state index contributed by atoms with van der Waals surface area (Å²) in [4.78, 5) is 18.2. The van der Waals surface area contributed by atoms with Gasteiger partial charge in [-0.15, -0.1) is 0 Å². The van der Waals surface area contributed by atoms with Gasteiger partial charge in [-0.1, -0.05) is 42.1 Å². The highest BCUT2D eigenvalue weighted by Crippen LogP contribution is 2.48. The van der Waals surface area contributed by atoms with Crippen LogP contribution in [0.2, 0.25) is 0 Å². The monoisotopic (exact) mass is 349 g/mol. The Labute approximate surface area is 151 Å². The molecule has 1 amide bonds. The minimum absolute atomic E-state index is 0.0863. The Morgan fingerprint density at radius 2 is 1.84 bits per heavy atom. The predicted molar refractivity (Wildman–Crippen MR) is 99.8 cm³/mol. The van der Waals surface area contributed by atoms with Crippen LogP contribution in [-0.4, -0.2) is 15.5 Å². The van der Waals surface area contributed by atoms with E-state index in [1.54, 1.807) is 18.0 Å². The first kappa shape index (κ1) is 16.0. The van der Waals surface area contributed by atoms with Crippen molar-refractivity contribution in [2.45, 2.75) is 28.3 Å². The lowest BCUT2D eigenvalue weighted by molar-refractivity contribution is -0.118. The molecule has 1 N–H and O–H groups in total. The minimum Gasteiger partial charge on any atom is -0.329 e. The second-order valence-corrected chi connectivity index (χ2v) is 7.39. The fraction of sp³-hybridized carbons (Fsp3) is 0.200. The minimum atomic E-state index is -0.346. The Morgan fingerprint density at radius 1 is 1.12 bits per heavy atom. The van der Waals surface area contributed by atoms with Crippen LogP contribution in [0.1, 0.15) is 18.4 Å². The van der Waals surface area contributed by atoms with Gasteiger partial charge in [0.1, 0.15) is 0 Å².